The maximum atomic E-state index is 12.4. The summed E-state index contributed by atoms with van der Waals surface area (Å²) in [6, 6.07) is 6.29. The molecule has 3 N–H and O–H groups in total. The summed E-state index contributed by atoms with van der Waals surface area (Å²) in [7, 11) is 0. The molecule has 2 fully saturated rings. The molecule has 2 heterocycles. The smallest absolute Gasteiger partial charge is 0.318 e. The zero-order valence-corrected chi connectivity index (χ0v) is 12.1. The van der Waals surface area contributed by atoms with Crippen molar-refractivity contribution in [3.63, 3.8) is 0 Å². The average molecular weight is 284 g/mol. The van der Waals surface area contributed by atoms with E-state index in [1.54, 1.807) is 6.07 Å². The second-order valence-corrected chi connectivity index (χ2v) is 5.90. The Labute approximate surface area is 124 Å². The summed E-state index contributed by atoms with van der Waals surface area (Å²) in [6.45, 7) is 1.90. The van der Waals surface area contributed by atoms with E-state index < -0.39 is 0 Å². The number of hydrogen-bond donors (Lipinski definition) is 3. The lowest BCUT2D eigenvalue weighted by Gasteiger charge is -2.52. The monoisotopic (exact) mass is 284 g/mol. The quantitative estimate of drug-likeness (QED) is 0.732. The lowest BCUT2D eigenvalue weighted by molar-refractivity contribution is 0.0173. The maximum Gasteiger partial charge on any atom is 0.322 e. The molecule has 1 aromatic carbocycles. The van der Waals surface area contributed by atoms with Gasteiger partial charge in [0.05, 0.1) is 5.71 Å². The minimum atomic E-state index is -0.0351. The number of amides is 2. The van der Waals surface area contributed by atoms with Gasteiger partial charge in [-0.2, -0.15) is 0 Å². The number of rotatable bonds is 3. The Morgan fingerprint density at radius 2 is 2.10 bits per heavy atom. The van der Waals surface area contributed by atoms with Crippen LogP contribution in [0.25, 0.3) is 0 Å². The Kier molecular flexibility index (Phi) is 3.49. The molecule has 2 aliphatic heterocycles. The molecule has 2 aliphatic rings. The summed E-state index contributed by atoms with van der Waals surface area (Å²) in [5.41, 5.74) is 2.47. The van der Waals surface area contributed by atoms with Gasteiger partial charge in [-0.25, -0.2) is 4.79 Å². The maximum absolute atomic E-state index is 12.4. The summed E-state index contributed by atoms with van der Waals surface area (Å²) in [5, 5.41) is 17.9. The third kappa shape index (κ3) is 2.44. The van der Waals surface area contributed by atoms with Crippen LogP contribution in [-0.2, 0) is 0 Å². The predicted octanol–water partition coefficient (Wildman–Crippen LogP) is 3.17. The van der Waals surface area contributed by atoms with Crippen molar-refractivity contribution in [3.8, 4) is 0 Å². The van der Waals surface area contributed by atoms with Crippen molar-refractivity contribution in [2.24, 2.45) is 0 Å². The van der Waals surface area contributed by atoms with Crippen molar-refractivity contribution in [3.05, 3.63) is 29.3 Å². The number of nitrogens with zero attached hydrogens (tertiary/aromatic N) is 1. The number of benzene rings is 1. The molecule has 2 saturated heterocycles. The molecule has 0 aromatic heterocycles. The second kappa shape index (κ2) is 5.31. The van der Waals surface area contributed by atoms with Crippen molar-refractivity contribution < 1.29 is 4.79 Å². The molecule has 2 atom stereocenters. The van der Waals surface area contributed by atoms with Crippen LogP contribution in [-0.4, -0.2) is 34.9 Å². The third-order valence-electron chi connectivity index (χ3n) is 4.56. The topological polar surface area (TPSA) is 80.0 Å². The number of fused-ring (bicyclic) bond motifs is 2. The standard InChI is InChI=1S/C16H20N4O/c1-10-5-6-11(7-14(10)15(18)9-17)19-16(21)20-12-3-2-4-13(20)8-12/h5-7,9,12-13,17-18H,2-4,8H2,1H3,(H,19,21). The molecule has 3 rings (SSSR count). The van der Waals surface area contributed by atoms with Gasteiger partial charge in [0.2, 0.25) is 0 Å². The van der Waals surface area contributed by atoms with Crippen LogP contribution >= 0.6 is 0 Å². The van der Waals surface area contributed by atoms with E-state index in [0.717, 1.165) is 31.0 Å². The predicted molar refractivity (Wildman–Crippen MR) is 83.7 cm³/mol. The molecule has 2 bridgehead atoms. The second-order valence-electron chi connectivity index (χ2n) is 5.90. The van der Waals surface area contributed by atoms with E-state index in [9.17, 15) is 4.79 Å². The Morgan fingerprint density at radius 1 is 1.38 bits per heavy atom. The Morgan fingerprint density at radius 3 is 2.71 bits per heavy atom. The zero-order valence-electron chi connectivity index (χ0n) is 12.1. The molecule has 0 radical (unpaired) electrons. The minimum Gasteiger partial charge on any atom is -0.318 e. The average Bonchev–Trinajstić information content (AvgIpc) is 2.49. The molecule has 2 unspecified atom stereocenters. The molecule has 1 aromatic rings. The summed E-state index contributed by atoms with van der Waals surface area (Å²) in [5.74, 6) is 0. The van der Waals surface area contributed by atoms with Crippen LogP contribution in [0.4, 0.5) is 10.5 Å². The number of nitrogens with one attached hydrogen (secondary N) is 3. The van der Waals surface area contributed by atoms with Gasteiger partial charge < -0.3 is 15.6 Å². The number of carbonyl (C=O) groups excluding carboxylic acids is 1. The van der Waals surface area contributed by atoms with Crippen molar-refractivity contribution in [2.75, 3.05) is 5.32 Å². The van der Waals surface area contributed by atoms with E-state index in [1.165, 1.54) is 6.42 Å². The molecule has 2 amide bonds. The van der Waals surface area contributed by atoms with Crippen LogP contribution in [0, 0.1) is 17.7 Å². The van der Waals surface area contributed by atoms with Gasteiger partial charge in [0.1, 0.15) is 0 Å². The van der Waals surface area contributed by atoms with Crippen LogP contribution in [0.1, 0.15) is 36.8 Å². The van der Waals surface area contributed by atoms with Crippen LogP contribution < -0.4 is 5.32 Å². The van der Waals surface area contributed by atoms with E-state index in [1.807, 2.05) is 24.0 Å². The summed E-state index contributed by atoms with van der Waals surface area (Å²) in [6.07, 6.45) is 5.62. The van der Waals surface area contributed by atoms with Crippen molar-refractivity contribution >= 4 is 23.6 Å². The van der Waals surface area contributed by atoms with Crippen molar-refractivity contribution in [1.29, 1.82) is 10.8 Å². The number of hydrogen-bond acceptors (Lipinski definition) is 3. The normalized spacial score (nSPS) is 23.2. The van der Waals surface area contributed by atoms with Crippen LogP contribution in [0.5, 0.6) is 0 Å². The van der Waals surface area contributed by atoms with E-state index in [4.69, 9.17) is 10.8 Å². The number of piperidine rings is 1. The number of carbonyl (C=O) groups is 1. The Bertz CT molecular complexity index is 596. The fourth-order valence-electron chi connectivity index (χ4n) is 3.39. The van der Waals surface area contributed by atoms with Gasteiger partial charge in [-0.3, -0.25) is 5.41 Å². The van der Waals surface area contributed by atoms with Crippen molar-refractivity contribution in [1.82, 2.24) is 4.90 Å². The fraction of sp³-hybridized carbons (Fsp3) is 0.438. The highest BCUT2D eigenvalue weighted by Gasteiger charge is 2.44. The van der Waals surface area contributed by atoms with Crippen LogP contribution in [0.3, 0.4) is 0 Å². The van der Waals surface area contributed by atoms with Crippen LogP contribution in [0.15, 0.2) is 18.2 Å². The molecule has 5 heteroatoms. The van der Waals surface area contributed by atoms with E-state index in [0.29, 0.717) is 23.3 Å². The van der Waals surface area contributed by atoms with Gasteiger partial charge in [-0.1, -0.05) is 6.07 Å². The molecule has 0 saturated carbocycles. The molecule has 0 aliphatic carbocycles. The lowest BCUT2D eigenvalue weighted by atomic mass is 9.80. The van der Waals surface area contributed by atoms with Crippen molar-refractivity contribution in [2.45, 2.75) is 44.7 Å². The summed E-state index contributed by atoms with van der Waals surface area (Å²) < 4.78 is 0. The highest BCUT2D eigenvalue weighted by atomic mass is 16.2. The van der Waals surface area contributed by atoms with Gasteiger partial charge in [0, 0.05) is 29.5 Å². The highest BCUT2D eigenvalue weighted by molar-refractivity contribution is 6.36. The van der Waals surface area contributed by atoms with Gasteiger partial charge >= 0.3 is 6.03 Å². The SMILES string of the molecule is Cc1ccc(NC(=O)N2C3CCCC2C3)cc1C(=N)C=N. The first kappa shape index (κ1) is 13.8. The Hall–Kier alpha value is -2.17. The first-order valence-corrected chi connectivity index (χ1v) is 7.39. The van der Waals surface area contributed by atoms with Gasteiger partial charge in [-0.05, 0) is 50.3 Å². The minimum absolute atomic E-state index is 0.0351. The van der Waals surface area contributed by atoms with E-state index in [2.05, 4.69) is 5.32 Å². The fourth-order valence-corrected chi connectivity index (χ4v) is 3.39. The number of anilines is 1. The first-order chi connectivity index (χ1) is 10.1. The van der Waals surface area contributed by atoms with Gasteiger partial charge in [-0.15, -0.1) is 0 Å². The number of aryl methyl sites for hydroxylation is 1. The largest absolute Gasteiger partial charge is 0.322 e. The molecule has 5 nitrogen and oxygen atoms in total. The highest BCUT2D eigenvalue weighted by Crippen LogP contribution is 2.38. The van der Waals surface area contributed by atoms with E-state index >= 15 is 0 Å². The Balaban J connectivity index is 1.74. The number of urea groups is 1. The van der Waals surface area contributed by atoms with Crippen LogP contribution in [0.2, 0.25) is 0 Å². The molecular weight excluding hydrogens is 264 g/mol. The lowest BCUT2D eigenvalue weighted by Crippen LogP contribution is -2.62. The van der Waals surface area contributed by atoms with Gasteiger partial charge in [0.15, 0.2) is 0 Å². The summed E-state index contributed by atoms with van der Waals surface area (Å²) in [4.78, 5) is 14.3. The summed E-state index contributed by atoms with van der Waals surface area (Å²) >= 11 is 0. The molecular formula is C16H20N4O. The van der Waals surface area contributed by atoms with Gasteiger partial charge in [0.25, 0.3) is 0 Å². The zero-order chi connectivity index (χ0) is 15.0. The third-order valence-corrected chi connectivity index (χ3v) is 4.56. The van der Waals surface area contributed by atoms with E-state index in [-0.39, 0.29) is 11.7 Å². The molecule has 21 heavy (non-hydrogen) atoms. The molecule has 110 valence electrons. The molecule has 0 spiro atoms. The first-order valence-electron chi connectivity index (χ1n) is 7.39.